The van der Waals surface area contributed by atoms with Crippen LogP contribution in [0.1, 0.15) is 17.1 Å². The van der Waals surface area contributed by atoms with Crippen LogP contribution in [-0.2, 0) is 6.42 Å². The zero-order chi connectivity index (χ0) is 19.6. The molecule has 1 aromatic carbocycles. The van der Waals surface area contributed by atoms with Crippen LogP contribution in [0.15, 0.2) is 24.5 Å². The minimum atomic E-state index is -2.22. The van der Waals surface area contributed by atoms with Crippen molar-refractivity contribution in [2.75, 3.05) is 6.67 Å². The maximum atomic E-state index is 14.1. The standard InChI is InChI=1S/C18H16ClF3N4O/c1-9-3-14-17(16(4-9)27-18-23-7-11(19)8-24-18)15(26-10(2)25-14)5-12(21)13(22)6-20/h3-4,7-8,12-13H,5-6H2,1-2H3. The zero-order valence-electron chi connectivity index (χ0n) is 14.6. The Kier molecular flexibility index (Phi) is 5.74. The van der Waals surface area contributed by atoms with Crippen molar-refractivity contribution >= 4 is 22.5 Å². The van der Waals surface area contributed by atoms with E-state index in [1.54, 1.807) is 19.1 Å². The summed E-state index contributed by atoms with van der Waals surface area (Å²) in [6.45, 7) is 2.08. The summed E-state index contributed by atoms with van der Waals surface area (Å²) >= 11 is 5.77. The van der Waals surface area contributed by atoms with Gasteiger partial charge < -0.3 is 4.74 Å². The molecule has 27 heavy (non-hydrogen) atoms. The van der Waals surface area contributed by atoms with Crippen LogP contribution in [0.5, 0.6) is 11.8 Å². The minimum absolute atomic E-state index is 0.0294. The van der Waals surface area contributed by atoms with Gasteiger partial charge in [-0.25, -0.2) is 33.1 Å². The van der Waals surface area contributed by atoms with Crippen LogP contribution in [0.3, 0.4) is 0 Å². The summed E-state index contributed by atoms with van der Waals surface area (Å²) in [5.41, 5.74) is 1.56. The van der Waals surface area contributed by atoms with E-state index in [2.05, 4.69) is 19.9 Å². The molecule has 142 valence electrons. The van der Waals surface area contributed by atoms with E-state index in [1.807, 2.05) is 6.92 Å². The Morgan fingerprint density at radius 3 is 2.44 bits per heavy atom. The maximum absolute atomic E-state index is 14.1. The van der Waals surface area contributed by atoms with Gasteiger partial charge in [-0.3, -0.25) is 0 Å². The number of benzene rings is 1. The Morgan fingerprint density at radius 1 is 1.07 bits per heavy atom. The second-order valence-corrected chi connectivity index (χ2v) is 6.49. The van der Waals surface area contributed by atoms with Gasteiger partial charge in [0.2, 0.25) is 0 Å². The molecule has 2 atom stereocenters. The highest BCUT2D eigenvalue weighted by Gasteiger charge is 2.24. The van der Waals surface area contributed by atoms with Gasteiger partial charge in [-0.15, -0.1) is 0 Å². The first-order valence-corrected chi connectivity index (χ1v) is 8.52. The van der Waals surface area contributed by atoms with E-state index < -0.39 is 25.4 Å². The number of hydrogen-bond donors (Lipinski definition) is 0. The number of alkyl halides is 3. The van der Waals surface area contributed by atoms with E-state index in [4.69, 9.17) is 16.3 Å². The van der Waals surface area contributed by atoms with Crippen molar-refractivity contribution in [3.05, 3.63) is 46.6 Å². The molecule has 3 aromatic rings. The molecule has 5 nitrogen and oxygen atoms in total. The number of ether oxygens (including phenoxy) is 1. The number of halogens is 4. The molecular formula is C18H16ClF3N4O. The lowest BCUT2D eigenvalue weighted by Gasteiger charge is -2.15. The van der Waals surface area contributed by atoms with Gasteiger partial charge in [0.25, 0.3) is 0 Å². The third kappa shape index (κ3) is 4.44. The summed E-state index contributed by atoms with van der Waals surface area (Å²) in [5, 5.41) is 0.745. The molecule has 0 radical (unpaired) electrons. The second kappa shape index (κ2) is 8.04. The molecular weight excluding hydrogens is 381 g/mol. The summed E-state index contributed by atoms with van der Waals surface area (Å²) in [6.07, 6.45) is -1.92. The van der Waals surface area contributed by atoms with E-state index in [-0.39, 0.29) is 11.7 Å². The van der Waals surface area contributed by atoms with Crippen molar-refractivity contribution in [3.63, 3.8) is 0 Å². The first-order chi connectivity index (χ1) is 12.9. The van der Waals surface area contributed by atoms with E-state index >= 15 is 0 Å². The molecule has 0 spiro atoms. The van der Waals surface area contributed by atoms with Gasteiger partial charge in [-0.1, -0.05) is 11.6 Å². The fourth-order valence-electron chi connectivity index (χ4n) is 2.65. The zero-order valence-corrected chi connectivity index (χ0v) is 15.3. The van der Waals surface area contributed by atoms with E-state index in [0.29, 0.717) is 27.5 Å². The molecule has 2 aromatic heterocycles. The van der Waals surface area contributed by atoms with Gasteiger partial charge >= 0.3 is 6.01 Å². The summed E-state index contributed by atoms with van der Waals surface area (Å²) in [4.78, 5) is 16.5. The predicted octanol–water partition coefficient (Wildman–Crippen LogP) is 4.67. The smallest absolute Gasteiger partial charge is 0.321 e. The van der Waals surface area contributed by atoms with Crippen molar-refractivity contribution in [1.82, 2.24) is 19.9 Å². The van der Waals surface area contributed by atoms with Crippen molar-refractivity contribution in [2.45, 2.75) is 32.6 Å². The Bertz CT molecular complexity index is 950. The highest BCUT2D eigenvalue weighted by atomic mass is 35.5. The van der Waals surface area contributed by atoms with Gasteiger partial charge in [-0.05, 0) is 31.5 Å². The monoisotopic (exact) mass is 396 g/mol. The SMILES string of the molecule is Cc1cc(Oc2ncc(Cl)cn2)c2c(CC(F)C(F)CF)nc(C)nc2c1. The molecule has 3 rings (SSSR count). The molecule has 0 saturated carbocycles. The quantitative estimate of drug-likeness (QED) is 0.606. The largest absolute Gasteiger partial charge is 0.423 e. The normalized spacial score (nSPS) is 13.6. The van der Waals surface area contributed by atoms with Gasteiger partial charge in [0.05, 0.1) is 34.0 Å². The van der Waals surface area contributed by atoms with Crippen LogP contribution < -0.4 is 4.74 Å². The molecule has 0 aliphatic heterocycles. The van der Waals surface area contributed by atoms with Crippen molar-refractivity contribution in [1.29, 1.82) is 0 Å². The summed E-state index contributed by atoms with van der Waals surface area (Å²) in [6, 6.07) is 3.50. The van der Waals surface area contributed by atoms with Gasteiger partial charge in [0.15, 0.2) is 6.17 Å². The van der Waals surface area contributed by atoms with Crippen LogP contribution in [-0.4, -0.2) is 39.0 Å². The lowest BCUT2D eigenvalue weighted by Crippen LogP contribution is -2.22. The van der Waals surface area contributed by atoms with Crippen molar-refractivity contribution in [3.8, 4) is 11.8 Å². The molecule has 0 aliphatic carbocycles. The minimum Gasteiger partial charge on any atom is -0.423 e. The van der Waals surface area contributed by atoms with E-state index in [0.717, 1.165) is 5.56 Å². The molecule has 0 N–H and O–H groups in total. The molecule has 0 amide bonds. The molecule has 0 fully saturated rings. The lowest BCUT2D eigenvalue weighted by molar-refractivity contribution is 0.136. The molecule has 0 saturated heterocycles. The molecule has 9 heteroatoms. The molecule has 2 unspecified atom stereocenters. The number of nitrogens with zero attached hydrogens (tertiary/aromatic N) is 4. The summed E-state index contributed by atoms with van der Waals surface area (Å²) in [5.74, 6) is 0.685. The Labute approximate surface area is 158 Å². The third-order valence-corrected chi connectivity index (χ3v) is 4.01. The summed E-state index contributed by atoms with van der Waals surface area (Å²) in [7, 11) is 0. The first kappa shape index (κ1) is 19.3. The van der Waals surface area contributed by atoms with Crippen LogP contribution in [0.2, 0.25) is 5.02 Å². The second-order valence-electron chi connectivity index (χ2n) is 6.05. The highest BCUT2D eigenvalue weighted by Crippen LogP contribution is 2.32. The maximum Gasteiger partial charge on any atom is 0.321 e. The van der Waals surface area contributed by atoms with Crippen LogP contribution in [0, 0.1) is 13.8 Å². The van der Waals surface area contributed by atoms with Crippen LogP contribution in [0.25, 0.3) is 10.9 Å². The Morgan fingerprint density at radius 2 is 1.78 bits per heavy atom. The number of aromatic nitrogens is 4. The Hall–Kier alpha value is -2.48. The van der Waals surface area contributed by atoms with Crippen molar-refractivity contribution < 1.29 is 17.9 Å². The molecule has 0 bridgehead atoms. The van der Waals surface area contributed by atoms with Gasteiger partial charge in [-0.2, -0.15) is 0 Å². The predicted molar refractivity (Wildman–Crippen MR) is 95.6 cm³/mol. The van der Waals surface area contributed by atoms with E-state index in [1.165, 1.54) is 12.4 Å². The van der Waals surface area contributed by atoms with Crippen LogP contribution >= 0.6 is 11.6 Å². The van der Waals surface area contributed by atoms with E-state index in [9.17, 15) is 13.2 Å². The number of hydrogen-bond acceptors (Lipinski definition) is 5. The lowest BCUT2D eigenvalue weighted by atomic mass is 10.0. The van der Waals surface area contributed by atoms with Crippen molar-refractivity contribution in [2.24, 2.45) is 0 Å². The number of aryl methyl sites for hydroxylation is 2. The third-order valence-electron chi connectivity index (χ3n) is 3.82. The first-order valence-electron chi connectivity index (χ1n) is 8.14. The fraction of sp³-hybridized carbons (Fsp3) is 0.333. The number of fused-ring (bicyclic) bond motifs is 1. The molecule has 2 heterocycles. The average molecular weight is 397 g/mol. The Balaban J connectivity index is 2.10. The van der Waals surface area contributed by atoms with Gasteiger partial charge in [0.1, 0.15) is 24.4 Å². The van der Waals surface area contributed by atoms with Gasteiger partial charge in [0, 0.05) is 6.42 Å². The highest BCUT2D eigenvalue weighted by molar-refractivity contribution is 6.30. The topological polar surface area (TPSA) is 60.8 Å². The van der Waals surface area contributed by atoms with Crippen LogP contribution in [0.4, 0.5) is 13.2 Å². The summed E-state index contributed by atoms with van der Waals surface area (Å²) < 4.78 is 45.7. The fourth-order valence-corrected chi connectivity index (χ4v) is 2.75. The molecule has 0 aliphatic rings. The number of rotatable bonds is 6. The average Bonchev–Trinajstić information content (AvgIpc) is 2.62.